The first-order valence-electron chi connectivity index (χ1n) is 8.06. The van der Waals surface area contributed by atoms with Crippen LogP contribution in [0.5, 0.6) is 0 Å². The molecule has 130 valence electrons. The van der Waals surface area contributed by atoms with Gasteiger partial charge in [-0.1, -0.05) is 60.1 Å². The first-order valence-corrected chi connectivity index (χ1v) is 8.82. The summed E-state index contributed by atoms with van der Waals surface area (Å²) in [4.78, 5) is 8.73. The minimum Gasteiger partial charge on any atom is -0.365 e. The zero-order chi connectivity index (χ0) is 18.1. The summed E-state index contributed by atoms with van der Waals surface area (Å²) in [5.74, 6) is 0.631. The van der Waals surface area contributed by atoms with Gasteiger partial charge in [0.1, 0.15) is 11.5 Å². The number of nitrogens with zero attached hydrogens (tertiary/aromatic N) is 4. The van der Waals surface area contributed by atoms with E-state index in [4.69, 9.17) is 23.2 Å². The molecule has 1 N–H and O–H groups in total. The lowest BCUT2D eigenvalue weighted by Gasteiger charge is -2.09. The van der Waals surface area contributed by atoms with Crippen molar-refractivity contribution in [2.75, 3.05) is 5.32 Å². The molecule has 4 rings (SSSR count). The molecule has 0 saturated carbocycles. The Morgan fingerprint density at radius 2 is 1.69 bits per heavy atom. The van der Waals surface area contributed by atoms with Crippen molar-refractivity contribution in [3.8, 4) is 11.3 Å². The molecule has 0 unspecified atom stereocenters. The van der Waals surface area contributed by atoms with Gasteiger partial charge in [0.05, 0.1) is 10.4 Å². The topological polar surface area (TPSA) is 55.6 Å². The summed E-state index contributed by atoms with van der Waals surface area (Å²) in [7, 11) is 1.83. The third-order valence-electron chi connectivity index (χ3n) is 4.09. The van der Waals surface area contributed by atoms with Gasteiger partial charge in [-0.25, -0.2) is 4.68 Å². The van der Waals surface area contributed by atoms with E-state index in [1.165, 1.54) is 0 Å². The van der Waals surface area contributed by atoms with E-state index in [9.17, 15) is 0 Å². The van der Waals surface area contributed by atoms with Gasteiger partial charge in [0.25, 0.3) is 0 Å². The normalized spacial score (nSPS) is 11.0. The van der Waals surface area contributed by atoms with Crippen LogP contribution in [0.2, 0.25) is 10.3 Å². The van der Waals surface area contributed by atoms with Crippen molar-refractivity contribution in [1.29, 1.82) is 0 Å². The lowest BCUT2D eigenvalue weighted by Crippen LogP contribution is -2.03. The largest absolute Gasteiger partial charge is 0.365 e. The molecule has 2 aromatic heterocycles. The Hall–Kier alpha value is -2.63. The van der Waals surface area contributed by atoms with E-state index in [0.29, 0.717) is 23.0 Å². The van der Waals surface area contributed by atoms with Crippen LogP contribution in [0.3, 0.4) is 0 Å². The number of nitrogens with one attached hydrogen (secondary N) is 1. The van der Waals surface area contributed by atoms with Crippen molar-refractivity contribution in [1.82, 2.24) is 19.7 Å². The molecule has 0 atom stereocenters. The van der Waals surface area contributed by atoms with Crippen LogP contribution in [0.1, 0.15) is 5.56 Å². The Balaban J connectivity index is 1.85. The summed E-state index contributed by atoms with van der Waals surface area (Å²) in [6, 6.07) is 17.7. The van der Waals surface area contributed by atoms with Crippen molar-refractivity contribution in [3.05, 3.63) is 70.5 Å². The zero-order valence-corrected chi connectivity index (χ0v) is 15.5. The molecule has 0 aliphatic heterocycles. The Morgan fingerprint density at radius 1 is 0.962 bits per heavy atom. The molecule has 0 bridgehead atoms. The first-order chi connectivity index (χ1) is 12.6. The Labute approximate surface area is 160 Å². The smallest absolute Gasteiger partial charge is 0.226 e. The highest BCUT2D eigenvalue weighted by atomic mass is 35.5. The van der Waals surface area contributed by atoms with E-state index >= 15 is 0 Å². The maximum Gasteiger partial charge on any atom is 0.226 e. The van der Waals surface area contributed by atoms with Crippen LogP contribution in [0.25, 0.3) is 22.3 Å². The van der Waals surface area contributed by atoms with Crippen LogP contribution < -0.4 is 5.32 Å². The van der Waals surface area contributed by atoms with Gasteiger partial charge < -0.3 is 5.32 Å². The Bertz CT molecular complexity index is 1080. The Kier molecular flexibility index (Phi) is 4.49. The quantitative estimate of drug-likeness (QED) is 0.506. The molecule has 0 fully saturated rings. The van der Waals surface area contributed by atoms with Gasteiger partial charge in [0.15, 0.2) is 5.65 Å². The second-order valence-electron chi connectivity index (χ2n) is 5.83. The van der Waals surface area contributed by atoms with E-state index < -0.39 is 0 Å². The second kappa shape index (κ2) is 6.94. The molecule has 0 spiro atoms. The fourth-order valence-corrected chi connectivity index (χ4v) is 3.26. The maximum absolute atomic E-state index is 6.39. The number of hydrogen-bond donors (Lipinski definition) is 1. The van der Waals surface area contributed by atoms with Gasteiger partial charge in [-0.05, 0) is 23.2 Å². The van der Waals surface area contributed by atoms with Gasteiger partial charge in [-0.3, -0.25) is 0 Å². The molecule has 26 heavy (non-hydrogen) atoms. The minimum atomic E-state index is 0.168. The standard InChI is InChI=1S/C19H15Cl2N5/c1-26-18-15(16(25-26)13-9-5-6-10-14(13)20)17(23-19(21)24-18)22-11-12-7-3-2-4-8-12/h2-10H,11H2,1H3,(H,22,23,24). The summed E-state index contributed by atoms with van der Waals surface area (Å²) in [6.07, 6.45) is 0. The van der Waals surface area contributed by atoms with Crippen molar-refractivity contribution >= 4 is 40.1 Å². The number of aryl methyl sites for hydroxylation is 1. The maximum atomic E-state index is 6.39. The van der Waals surface area contributed by atoms with E-state index in [1.54, 1.807) is 4.68 Å². The average molecular weight is 384 g/mol. The van der Waals surface area contributed by atoms with Crippen molar-refractivity contribution in [2.45, 2.75) is 6.54 Å². The summed E-state index contributed by atoms with van der Waals surface area (Å²) in [5.41, 5.74) is 3.34. The highest BCUT2D eigenvalue weighted by molar-refractivity contribution is 6.33. The highest BCUT2D eigenvalue weighted by Crippen LogP contribution is 2.35. The predicted octanol–water partition coefficient (Wildman–Crippen LogP) is 4.95. The average Bonchev–Trinajstić information content (AvgIpc) is 2.97. The lowest BCUT2D eigenvalue weighted by atomic mass is 10.1. The number of halogens is 2. The van der Waals surface area contributed by atoms with Crippen LogP contribution in [-0.2, 0) is 13.6 Å². The number of aromatic nitrogens is 4. The number of anilines is 1. The van der Waals surface area contributed by atoms with Crippen LogP contribution >= 0.6 is 23.2 Å². The van der Waals surface area contributed by atoms with Gasteiger partial charge in [0.2, 0.25) is 5.28 Å². The predicted molar refractivity (Wildman–Crippen MR) is 106 cm³/mol. The number of rotatable bonds is 4. The molecular weight excluding hydrogens is 369 g/mol. The lowest BCUT2D eigenvalue weighted by molar-refractivity contribution is 0.788. The molecular formula is C19H15Cl2N5. The van der Waals surface area contributed by atoms with E-state index in [2.05, 4.69) is 20.4 Å². The van der Waals surface area contributed by atoms with Crippen molar-refractivity contribution < 1.29 is 0 Å². The van der Waals surface area contributed by atoms with Crippen LogP contribution in [0, 0.1) is 0 Å². The monoisotopic (exact) mass is 383 g/mol. The summed E-state index contributed by atoms with van der Waals surface area (Å²) < 4.78 is 1.69. The van der Waals surface area contributed by atoms with Gasteiger partial charge in [-0.2, -0.15) is 15.1 Å². The SMILES string of the molecule is Cn1nc(-c2ccccc2Cl)c2c(NCc3ccccc3)nc(Cl)nc21. The highest BCUT2D eigenvalue weighted by Gasteiger charge is 2.19. The molecule has 7 heteroatoms. The summed E-state index contributed by atoms with van der Waals surface area (Å²) in [5, 5.41) is 9.55. The number of benzene rings is 2. The minimum absolute atomic E-state index is 0.168. The fraction of sp³-hybridized carbons (Fsp3) is 0.105. The van der Waals surface area contributed by atoms with E-state index in [-0.39, 0.29) is 5.28 Å². The van der Waals surface area contributed by atoms with E-state index in [1.807, 2.05) is 61.6 Å². The molecule has 0 aliphatic carbocycles. The zero-order valence-electron chi connectivity index (χ0n) is 13.9. The molecule has 0 amide bonds. The fourth-order valence-electron chi connectivity index (χ4n) is 2.87. The second-order valence-corrected chi connectivity index (χ2v) is 6.58. The molecule has 2 aromatic carbocycles. The summed E-state index contributed by atoms with van der Waals surface area (Å²) in [6.45, 7) is 0.611. The van der Waals surface area contributed by atoms with Crippen molar-refractivity contribution in [3.63, 3.8) is 0 Å². The molecule has 2 heterocycles. The van der Waals surface area contributed by atoms with Crippen LogP contribution in [-0.4, -0.2) is 19.7 Å². The Morgan fingerprint density at radius 3 is 2.46 bits per heavy atom. The molecule has 0 aliphatic rings. The van der Waals surface area contributed by atoms with Crippen LogP contribution in [0.4, 0.5) is 5.82 Å². The van der Waals surface area contributed by atoms with E-state index in [0.717, 1.165) is 22.2 Å². The molecule has 4 aromatic rings. The third kappa shape index (κ3) is 3.11. The first kappa shape index (κ1) is 16.8. The van der Waals surface area contributed by atoms with Gasteiger partial charge in [0, 0.05) is 19.2 Å². The van der Waals surface area contributed by atoms with Crippen LogP contribution in [0.15, 0.2) is 54.6 Å². The molecule has 5 nitrogen and oxygen atoms in total. The molecule has 0 saturated heterocycles. The van der Waals surface area contributed by atoms with Gasteiger partial charge >= 0.3 is 0 Å². The third-order valence-corrected chi connectivity index (χ3v) is 4.59. The number of hydrogen-bond acceptors (Lipinski definition) is 4. The molecule has 0 radical (unpaired) electrons. The number of fused-ring (bicyclic) bond motifs is 1. The van der Waals surface area contributed by atoms with Crippen molar-refractivity contribution in [2.24, 2.45) is 7.05 Å². The van der Waals surface area contributed by atoms with Gasteiger partial charge in [-0.15, -0.1) is 0 Å². The summed E-state index contributed by atoms with van der Waals surface area (Å²) >= 11 is 12.5.